The van der Waals surface area contributed by atoms with Crippen molar-refractivity contribution in [3.8, 4) is 0 Å². The van der Waals surface area contributed by atoms with Gasteiger partial charge in [0, 0.05) is 28.4 Å². The molecule has 0 saturated heterocycles. The van der Waals surface area contributed by atoms with Crippen LogP contribution in [0.25, 0.3) is 0 Å². The molecule has 1 heterocycles. The SMILES string of the molecule is Nc1ccc2c(c1)N(CC(F)(F)c1ccccc1)CCS2. The van der Waals surface area contributed by atoms with Crippen molar-refractivity contribution in [3.63, 3.8) is 0 Å². The van der Waals surface area contributed by atoms with Gasteiger partial charge in [0.1, 0.15) is 0 Å². The summed E-state index contributed by atoms with van der Waals surface area (Å²) in [6.07, 6.45) is 0. The lowest BCUT2D eigenvalue weighted by Gasteiger charge is -2.34. The van der Waals surface area contributed by atoms with Gasteiger partial charge in [-0.25, -0.2) is 0 Å². The Bertz CT molecular complexity index is 631. The van der Waals surface area contributed by atoms with Gasteiger partial charge in [-0.15, -0.1) is 11.8 Å². The molecule has 21 heavy (non-hydrogen) atoms. The molecule has 110 valence electrons. The van der Waals surface area contributed by atoms with E-state index in [4.69, 9.17) is 5.73 Å². The molecule has 0 fully saturated rings. The van der Waals surface area contributed by atoms with Crippen LogP contribution in [0, 0.1) is 0 Å². The maximum atomic E-state index is 14.5. The number of thioether (sulfide) groups is 1. The van der Waals surface area contributed by atoms with Gasteiger partial charge in [-0.2, -0.15) is 8.78 Å². The van der Waals surface area contributed by atoms with E-state index in [0.29, 0.717) is 12.2 Å². The highest BCUT2D eigenvalue weighted by atomic mass is 32.2. The molecule has 5 heteroatoms. The fourth-order valence-electron chi connectivity index (χ4n) is 2.47. The summed E-state index contributed by atoms with van der Waals surface area (Å²) in [4.78, 5) is 2.74. The van der Waals surface area contributed by atoms with Crippen molar-refractivity contribution >= 4 is 23.1 Å². The van der Waals surface area contributed by atoms with Crippen molar-refractivity contribution in [2.24, 2.45) is 0 Å². The largest absolute Gasteiger partial charge is 0.399 e. The normalized spacial score (nSPS) is 14.9. The zero-order valence-corrected chi connectivity index (χ0v) is 12.2. The number of nitrogens with two attached hydrogens (primary N) is 1. The molecule has 0 unspecified atom stereocenters. The van der Waals surface area contributed by atoms with Gasteiger partial charge < -0.3 is 10.6 Å². The Morgan fingerprint density at radius 2 is 1.90 bits per heavy atom. The van der Waals surface area contributed by atoms with E-state index in [9.17, 15) is 8.78 Å². The molecule has 0 atom stereocenters. The fraction of sp³-hybridized carbons (Fsp3) is 0.250. The summed E-state index contributed by atoms with van der Waals surface area (Å²) in [5.74, 6) is -2.08. The van der Waals surface area contributed by atoms with E-state index in [1.54, 1.807) is 40.9 Å². The number of fused-ring (bicyclic) bond motifs is 1. The first kappa shape index (κ1) is 14.2. The molecule has 0 aliphatic carbocycles. The minimum Gasteiger partial charge on any atom is -0.399 e. The third-order valence-electron chi connectivity index (χ3n) is 3.53. The quantitative estimate of drug-likeness (QED) is 0.870. The highest BCUT2D eigenvalue weighted by Crippen LogP contribution is 2.39. The third-order valence-corrected chi connectivity index (χ3v) is 4.57. The Hall–Kier alpha value is -1.75. The molecule has 1 aliphatic rings. The van der Waals surface area contributed by atoms with E-state index in [-0.39, 0.29) is 12.1 Å². The maximum absolute atomic E-state index is 14.5. The highest BCUT2D eigenvalue weighted by molar-refractivity contribution is 7.99. The Morgan fingerprint density at radius 3 is 2.67 bits per heavy atom. The van der Waals surface area contributed by atoms with E-state index in [2.05, 4.69) is 0 Å². The molecule has 0 aromatic heterocycles. The second-order valence-electron chi connectivity index (χ2n) is 5.07. The van der Waals surface area contributed by atoms with Crippen LogP contribution in [0.15, 0.2) is 53.4 Å². The average molecular weight is 306 g/mol. The summed E-state index contributed by atoms with van der Waals surface area (Å²) in [5.41, 5.74) is 7.25. The lowest BCUT2D eigenvalue weighted by molar-refractivity contribution is 0.00402. The molecule has 0 saturated carbocycles. The molecule has 2 N–H and O–H groups in total. The number of halogens is 2. The second-order valence-corrected chi connectivity index (χ2v) is 6.20. The molecule has 3 rings (SSSR count). The first-order valence-electron chi connectivity index (χ1n) is 6.77. The summed E-state index contributed by atoms with van der Waals surface area (Å²) in [6, 6.07) is 13.5. The molecule has 2 aromatic carbocycles. The third kappa shape index (κ3) is 2.97. The number of hydrogen-bond acceptors (Lipinski definition) is 3. The van der Waals surface area contributed by atoms with E-state index < -0.39 is 5.92 Å². The number of rotatable bonds is 3. The van der Waals surface area contributed by atoms with Gasteiger partial charge in [0.25, 0.3) is 5.92 Å². The van der Waals surface area contributed by atoms with Crippen molar-refractivity contribution in [1.82, 2.24) is 0 Å². The zero-order valence-electron chi connectivity index (χ0n) is 11.4. The van der Waals surface area contributed by atoms with Crippen LogP contribution in [0.4, 0.5) is 20.2 Å². The summed E-state index contributed by atoms with van der Waals surface area (Å²) >= 11 is 1.68. The van der Waals surface area contributed by atoms with Crippen molar-refractivity contribution in [1.29, 1.82) is 0 Å². The topological polar surface area (TPSA) is 29.3 Å². The predicted molar refractivity (Wildman–Crippen MR) is 84.1 cm³/mol. The first-order valence-corrected chi connectivity index (χ1v) is 7.75. The molecule has 2 aromatic rings. The summed E-state index contributed by atoms with van der Waals surface area (Å²) < 4.78 is 28.9. The van der Waals surface area contributed by atoms with Gasteiger partial charge in [-0.05, 0) is 18.2 Å². The van der Waals surface area contributed by atoms with Gasteiger partial charge in [-0.3, -0.25) is 0 Å². The van der Waals surface area contributed by atoms with E-state index in [0.717, 1.165) is 16.3 Å². The molecule has 2 nitrogen and oxygen atoms in total. The van der Waals surface area contributed by atoms with Crippen LogP contribution in [-0.2, 0) is 5.92 Å². The lowest BCUT2D eigenvalue weighted by Crippen LogP contribution is -2.38. The monoisotopic (exact) mass is 306 g/mol. The fourth-order valence-corrected chi connectivity index (χ4v) is 3.50. The number of nitrogens with zero attached hydrogens (tertiary/aromatic N) is 1. The maximum Gasteiger partial charge on any atom is 0.290 e. The van der Waals surface area contributed by atoms with Crippen LogP contribution in [-0.4, -0.2) is 18.8 Å². The smallest absolute Gasteiger partial charge is 0.290 e. The van der Waals surface area contributed by atoms with Crippen molar-refractivity contribution in [3.05, 3.63) is 54.1 Å². The van der Waals surface area contributed by atoms with Gasteiger partial charge >= 0.3 is 0 Å². The molecule has 0 spiro atoms. The van der Waals surface area contributed by atoms with E-state index >= 15 is 0 Å². The Balaban J connectivity index is 1.88. The number of benzene rings is 2. The van der Waals surface area contributed by atoms with Crippen molar-refractivity contribution in [2.75, 3.05) is 29.5 Å². The standard InChI is InChI=1S/C16H16F2N2S/c17-16(18,12-4-2-1-3-5-12)11-20-8-9-21-15-7-6-13(19)10-14(15)20/h1-7,10H,8-9,11,19H2. The summed E-state index contributed by atoms with van der Waals surface area (Å²) in [5, 5.41) is 0. The van der Waals surface area contributed by atoms with E-state index in [1.807, 2.05) is 12.1 Å². The van der Waals surface area contributed by atoms with Gasteiger partial charge in [0.2, 0.25) is 0 Å². The average Bonchev–Trinajstić information content (AvgIpc) is 2.48. The van der Waals surface area contributed by atoms with Crippen molar-refractivity contribution < 1.29 is 8.78 Å². The predicted octanol–water partition coefficient (Wildman–Crippen LogP) is 3.97. The minimum atomic E-state index is -2.88. The van der Waals surface area contributed by atoms with Gasteiger partial charge in [-0.1, -0.05) is 30.3 Å². The number of anilines is 2. The Morgan fingerprint density at radius 1 is 1.14 bits per heavy atom. The van der Waals surface area contributed by atoms with Crippen LogP contribution in [0.1, 0.15) is 5.56 Å². The van der Waals surface area contributed by atoms with E-state index in [1.165, 1.54) is 12.1 Å². The van der Waals surface area contributed by atoms with Crippen LogP contribution < -0.4 is 10.6 Å². The van der Waals surface area contributed by atoms with Crippen molar-refractivity contribution in [2.45, 2.75) is 10.8 Å². The van der Waals surface area contributed by atoms with Gasteiger partial charge in [0.05, 0.1) is 12.2 Å². The Kier molecular flexibility index (Phi) is 3.76. The van der Waals surface area contributed by atoms with Gasteiger partial charge in [0.15, 0.2) is 0 Å². The summed E-state index contributed by atoms with van der Waals surface area (Å²) in [6.45, 7) is 0.275. The lowest BCUT2D eigenvalue weighted by atomic mass is 10.1. The molecule has 0 radical (unpaired) electrons. The molecule has 0 amide bonds. The molecular weight excluding hydrogens is 290 g/mol. The Labute approximate surface area is 126 Å². The molecular formula is C16H16F2N2S. The van der Waals surface area contributed by atoms with Crippen LogP contribution in [0.5, 0.6) is 0 Å². The first-order chi connectivity index (χ1) is 10.1. The molecule has 1 aliphatic heterocycles. The van der Waals surface area contributed by atoms with Crippen LogP contribution >= 0.6 is 11.8 Å². The second kappa shape index (κ2) is 5.56. The highest BCUT2D eigenvalue weighted by Gasteiger charge is 2.35. The number of alkyl halides is 2. The minimum absolute atomic E-state index is 0.0497. The zero-order chi connectivity index (χ0) is 14.9. The summed E-state index contributed by atoms with van der Waals surface area (Å²) in [7, 11) is 0. The van der Waals surface area contributed by atoms with Crippen LogP contribution in [0.2, 0.25) is 0 Å². The van der Waals surface area contributed by atoms with Crippen LogP contribution in [0.3, 0.4) is 0 Å². The number of nitrogen functional groups attached to an aromatic ring is 1. The molecule has 0 bridgehead atoms. The number of hydrogen-bond donors (Lipinski definition) is 1.